The van der Waals surface area contributed by atoms with Crippen LogP contribution in [0.5, 0.6) is 0 Å². The minimum absolute atomic E-state index is 0.0792. The van der Waals surface area contributed by atoms with Crippen molar-refractivity contribution < 1.29 is 0 Å². The third-order valence-electron chi connectivity index (χ3n) is 3.27. The first-order chi connectivity index (χ1) is 7.12. The van der Waals surface area contributed by atoms with Crippen molar-refractivity contribution in [3.05, 3.63) is 30.1 Å². The zero-order valence-electron chi connectivity index (χ0n) is 9.90. The van der Waals surface area contributed by atoms with Crippen molar-refractivity contribution in [3.8, 4) is 0 Å². The Kier molecular flexibility index (Phi) is 4.24. The molecule has 1 unspecified atom stereocenters. The number of pyridine rings is 1. The number of hydrogen-bond donors (Lipinski definition) is 1. The van der Waals surface area contributed by atoms with Gasteiger partial charge >= 0.3 is 0 Å². The van der Waals surface area contributed by atoms with Crippen LogP contribution >= 0.6 is 0 Å². The highest BCUT2D eigenvalue weighted by atomic mass is 15.2. The summed E-state index contributed by atoms with van der Waals surface area (Å²) in [5.41, 5.74) is 7.12. The molecule has 0 radical (unpaired) electrons. The lowest BCUT2D eigenvalue weighted by atomic mass is 9.96. The van der Waals surface area contributed by atoms with Crippen LogP contribution < -0.4 is 5.73 Å². The molecule has 0 aliphatic carbocycles. The fourth-order valence-electron chi connectivity index (χ4n) is 1.53. The molecule has 0 saturated heterocycles. The van der Waals surface area contributed by atoms with Crippen molar-refractivity contribution in [1.82, 2.24) is 9.88 Å². The van der Waals surface area contributed by atoms with Crippen LogP contribution in [0.1, 0.15) is 25.8 Å². The topological polar surface area (TPSA) is 42.1 Å². The Morgan fingerprint density at radius 3 is 2.73 bits per heavy atom. The average molecular weight is 207 g/mol. The predicted octanol–water partition coefficient (Wildman–Crippen LogP) is 1.64. The van der Waals surface area contributed by atoms with Gasteiger partial charge in [0.25, 0.3) is 0 Å². The van der Waals surface area contributed by atoms with E-state index in [0.29, 0.717) is 6.54 Å². The van der Waals surface area contributed by atoms with Crippen LogP contribution in [0.4, 0.5) is 0 Å². The number of nitrogens with zero attached hydrogens (tertiary/aromatic N) is 2. The molecule has 0 fully saturated rings. The van der Waals surface area contributed by atoms with Gasteiger partial charge in [0.1, 0.15) is 0 Å². The van der Waals surface area contributed by atoms with E-state index in [1.165, 1.54) is 5.56 Å². The van der Waals surface area contributed by atoms with E-state index in [1.54, 1.807) is 6.20 Å². The molecule has 15 heavy (non-hydrogen) atoms. The standard InChI is InChI=1S/C12H21N3/c1-4-12(2,10-13)15(3)9-11-6-5-7-14-8-11/h5-8H,4,9-10,13H2,1-3H3. The second-order valence-corrected chi connectivity index (χ2v) is 4.27. The van der Waals surface area contributed by atoms with Gasteiger partial charge in [0.2, 0.25) is 0 Å². The normalized spacial score (nSPS) is 15.3. The van der Waals surface area contributed by atoms with Crippen molar-refractivity contribution in [2.75, 3.05) is 13.6 Å². The Morgan fingerprint density at radius 2 is 2.27 bits per heavy atom. The molecule has 0 spiro atoms. The molecule has 0 aliphatic rings. The number of rotatable bonds is 5. The first-order valence-electron chi connectivity index (χ1n) is 5.42. The molecule has 0 saturated carbocycles. The van der Waals surface area contributed by atoms with Crippen LogP contribution in [0.3, 0.4) is 0 Å². The van der Waals surface area contributed by atoms with E-state index in [1.807, 2.05) is 12.3 Å². The molecule has 1 aromatic heterocycles. The van der Waals surface area contributed by atoms with Gasteiger partial charge in [0.05, 0.1) is 0 Å². The lowest BCUT2D eigenvalue weighted by Gasteiger charge is -2.37. The van der Waals surface area contributed by atoms with Crippen molar-refractivity contribution in [3.63, 3.8) is 0 Å². The second kappa shape index (κ2) is 5.24. The van der Waals surface area contributed by atoms with Crippen LogP contribution in [-0.4, -0.2) is 29.0 Å². The summed E-state index contributed by atoms with van der Waals surface area (Å²) in [6, 6.07) is 4.06. The van der Waals surface area contributed by atoms with Crippen molar-refractivity contribution in [2.45, 2.75) is 32.4 Å². The third kappa shape index (κ3) is 3.01. The first-order valence-corrected chi connectivity index (χ1v) is 5.42. The summed E-state index contributed by atoms with van der Waals surface area (Å²) in [6.45, 7) is 5.95. The highest BCUT2D eigenvalue weighted by molar-refractivity contribution is 5.08. The average Bonchev–Trinajstić information content (AvgIpc) is 2.29. The Balaban J connectivity index is 2.66. The minimum atomic E-state index is 0.0792. The van der Waals surface area contributed by atoms with Crippen molar-refractivity contribution in [2.24, 2.45) is 5.73 Å². The van der Waals surface area contributed by atoms with Gasteiger partial charge in [-0.3, -0.25) is 9.88 Å². The molecule has 3 nitrogen and oxygen atoms in total. The molecule has 0 amide bonds. The van der Waals surface area contributed by atoms with E-state index in [9.17, 15) is 0 Å². The lowest BCUT2D eigenvalue weighted by molar-refractivity contribution is 0.131. The van der Waals surface area contributed by atoms with Crippen LogP contribution in [-0.2, 0) is 6.54 Å². The van der Waals surface area contributed by atoms with Crippen molar-refractivity contribution >= 4 is 0 Å². The Hall–Kier alpha value is -0.930. The molecule has 0 aromatic carbocycles. The maximum absolute atomic E-state index is 5.81. The summed E-state index contributed by atoms with van der Waals surface area (Å²) in [6.07, 6.45) is 4.76. The fourth-order valence-corrected chi connectivity index (χ4v) is 1.53. The molecular weight excluding hydrogens is 186 g/mol. The van der Waals surface area contributed by atoms with Gasteiger partial charge in [0, 0.05) is 31.0 Å². The summed E-state index contributed by atoms with van der Waals surface area (Å²) < 4.78 is 0. The van der Waals surface area contributed by atoms with Crippen LogP contribution in [0.25, 0.3) is 0 Å². The Morgan fingerprint density at radius 1 is 1.53 bits per heavy atom. The van der Waals surface area contributed by atoms with Crippen LogP contribution in [0, 0.1) is 0 Å². The van der Waals surface area contributed by atoms with Gasteiger partial charge in [-0.2, -0.15) is 0 Å². The zero-order valence-corrected chi connectivity index (χ0v) is 9.90. The summed E-state index contributed by atoms with van der Waals surface area (Å²) in [5, 5.41) is 0. The number of aromatic nitrogens is 1. The summed E-state index contributed by atoms with van der Waals surface area (Å²) in [7, 11) is 2.11. The van der Waals surface area contributed by atoms with Gasteiger partial charge in [-0.25, -0.2) is 0 Å². The van der Waals surface area contributed by atoms with Gasteiger partial charge in [-0.05, 0) is 32.0 Å². The largest absolute Gasteiger partial charge is 0.329 e. The second-order valence-electron chi connectivity index (χ2n) is 4.27. The smallest absolute Gasteiger partial charge is 0.0312 e. The summed E-state index contributed by atoms with van der Waals surface area (Å²) in [4.78, 5) is 6.41. The quantitative estimate of drug-likeness (QED) is 0.798. The highest BCUT2D eigenvalue weighted by Gasteiger charge is 2.25. The van der Waals surface area contributed by atoms with Gasteiger partial charge in [-0.15, -0.1) is 0 Å². The molecule has 2 N–H and O–H groups in total. The Bertz CT molecular complexity index is 280. The van der Waals surface area contributed by atoms with Crippen LogP contribution in [0.15, 0.2) is 24.5 Å². The molecule has 3 heteroatoms. The lowest BCUT2D eigenvalue weighted by Crippen LogP contribution is -2.48. The molecule has 1 heterocycles. The molecule has 84 valence electrons. The van der Waals surface area contributed by atoms with E-state index in [2.05, 4.69) is 36.8 Å². The fraction of sp³-hybridized carbons (Fsp3) is 0.583. The zero-order chi connectivity index (χ0) is 11.3. The molecule has 0 bridgehead atoms. The third-order valence-corrected chi connectivity index (χ3v) is 3.27. The number of hydrogen-bond acceptors (Lipinski definition) is 3. The van der Waals surface area contributed by atoms with Crippen molar-refractivity contribution in [1.29, 1.82) is 0 Å². The highest BCUT2D eigenvalue weighted by Crippen LogP contribution is 2.18. The maximum atomic E-state index is 5.81. The van der Waals surface area contributed by atoms with E-state index < -0.39 is 0 Å². The van der Waals surface area contributed by atoms with E-state index >= 15 is 0 Å². The summed E-state index contributed by atoms with van der Waals surface area (Å²) >= 11 is 0. The molecule has 1 aromatic rings. The van der Waals surface area contributed by atoms with Gasteiger partial charge in [0.15, 0.2) is 0 Å². The minimum Gasteiger partial charge on any atom is -0.329 e. The van der Waals surface area contributed by atoms with E-state index in [0.717, 1.165) is 13.0 Å². The molecular formula is C12H21N3. The Labute approximate surface area is 92.3 Å². The predicted molar refractivity (Wildman–Crippen MR) is 63.5 cm³/mol. The summed E-state index contributed by atoms with van der Waals surface area (Å²) in [5.74, 6) is 0. The maximum Gasteiger partial charge on any atom is 0.0312 e. The first kappa shape index (κ1) is 12.1. The van der Waals surface area contributed by atoms with Gasteiger partial charge < -0.3 is 5.73 Å². The number of nitrogens with two attached hydrogens (primary N) is 1. The molecule has 1 rings (SSSR count). The van der Waals surface area contributed by atoms with Crippen LogP contribution in [0.2, 0.25) is 0 Å². The van der Waals surface area contributed by atoms with E-state index in [-0.39, 0.29) is 5.54 Å². The SMILES string of the molecule is CCC(C)(CN)N(C)Cc1cccnc1. The molecule has 0 aliphatic heterocycles. The monoisotopic (exact) mass is 207 g/mol. The van der Waals surface area contributed by atoms with Gasteiger partial charge in [-0.1, -0.05) is 13.0 Å². The van der Waals surface area contributed by atoms with E-state index in [4.69, 9.17) is 5.73 Å². The number of likely N-dealkylation sites (N-methyl/N-ethyl adjacent to an activating group) is 1. The molecule has 1 atom stereocenters.